The van der Waals surface area contributed by atoms with Crippen molar-refractivity contribution in [1.82, 2.24) is 4.90 Å². The van der Waals surface area contributed by atoms with Crippen LogP contribution in [0.1, 0.15) is 38.0 Å². The Labute approximate surface area is 172 Å². The third kappa shape index (κ3) is 3.92. The molecular formula is C22H21N3O3S. The number of hydrogen-bond donors (Lipinski definition) is 1. The van der Waals surface area contributed by atoms with Crippen LogP contribution >= 0.6 is 11.3 Å². The highest BCUT2D eigenvalue weighted by atomic mass is 32.1. The molecule has 1 aliphatic rings. The number of ketones is 1. The molecule has 1 unspecified atom stereocenters. The molecule has 2 N–H and O–H groups in total. The minimum absolute atomic E-state index is 0.245. The van der Waals surface area contributed by atoms with Gasteiger partial charge in [-0.1, -0.05) is 60.7 Å². The van der Waals surface area contributed by atoms with Crippen molar-refractivity contribution < 1.29 is 9.72 Å². The Morgan fingerprint density at radius 3 is 2.45 bits per heavy atom. The number of benzene rings is 2. The number of nitrogen functional groups attached to an aromatic ring is 1. The van der Waals surface area contributed by atoms with E-state index in [0.29, 0.717) is 34.8 Å². The van der Waals surface area contributed by atoms with Crippen LogP contribution in [0.3, 0.4) is 0 Å². The molecule has 0 bridgehead atoms. The molecule has 4 rings (SSSR count). The Bertz CT molecular complexity index is 1030. The highest BCUT2D eigenvalue weighted by molar-refractivity contribution is 7.16. The van der Waals surface area contributed by atoms with Crippen LogP contribution in [0.25, 0.3) is 0 Å². The Kier molecular flexibility index (Phi) is 5.42. The number of thiophene rings is 1. The van der Waals surface area contributed by atoms with Gasteiger partial charge in [-0.15, -0.1) is 11.3 Å². The summed E-state index contributed by atoms with van der Waals surface area (Å²) in [6.45, 7) is 1.56. The molecule has 0 saturated heterocycles. The van der Waals surface area contributed by atoms with Gasteiger partial charge in [0.15, 0.2) is 5.78 Å². The molecule has 2 heterocycles. The minimum Gasteiger partial charge on any atom is -0.390 e. The summed E-state index contributed by atoms with van der Waals surface area (Å²) in [6, 6.07) is 17.9. The smallest absolute Gasteiger partial charge is 0.252 e. The van der Waals surface area contributed by atoms with E-state index < -0.39 is 6.04 Å². The maximum absolute atomic E-state index is 13.1. The van der Waals surface area contributed by atoms with E-state index >= 15 is 0 Å². The average Bonchev–Trinajstić information content (AvgIpc) is 3.08. The number of carbonyl (C=O) groups is 1. The molecule has 29 heavy (non-hydrogen) atoms. The maximum atomic E-state index is 13.1. The lowest BCUT2D eigenvalue weighted by Crippen LogP contribution is -2.37. The van der Waals surface area contributed by atoms with E-state index in [4.69, 9.17) is 5.73 Å². The second kappa shape index (κ2) is 8.14. The van der Waals surface area contributed by atoms with Gasteiger partial charge in [0.25, 0.3) is 6.04 Å². The zero-order chi connectivity index (χ0) is 20.4. The zero-order valence-electron chi connectivity index (χ0n) is 15.8. The van der Waals surface area contributed by atoms with E-state index in [9.17, 15) is 14.9 Å². The lowest BCUT2D eigenvalue weighted by atomic mass is 9.93. The molecular weight excluding hydrogens is 386 g/mol. The highest BCUT2D eigenvalue weighted by Crippen LogP contribution is 2.41. The summed E-state index contributed by atoms with van der Waals surface area (Å²) in [5, 5.41) is 12.3. The van der Waals surface area contributed by atoms with Crippen molar-refractivity contribution in [2.45, 2.75) is 19.0 Å². The normalized spacial score (nSPS) is 16.3. The molecule has 0 amide bonds. The van der Waals surface area contributed by atoms with Crippen molar-refractivity contribution in [3.05, 3.63) is 97.9 Å². The van der Waals surface area contributed by atoms with Gasteiger partial charge in [0.2, 0.25) is 0 Å². The van der Waals surface area contributed by atoms with Crippen LogP contribution < -0.4 is 5.73 Å². The Balaban J connectivity index is 1.63. The summed E-state index contributed by atoms with van der Waals surface area (Å²) in [7, 11) is 0. The molecule has 0 fully saturated rings. The predicted molar refractivity (Wildman–Crippen MR) is 114 cm³/mol. The molecule has 0 saturated carbocycles. The lowest BCUT2D eigenvalue weighted by Gasteiger charge is -2.29. The molecule has 148 valence electrons. The number of nitrogens with zero attached hydrogens (tertiary/aromatic N) is 2. The minimum atomic E-state index is -0.953. The predicted octanol–water partition coefficient (Wildman–Crippen LogP) is 3.94. The molecule has 0 aliphatic carbocycles. The van der Waals surface area contributed by atoms with Crippen molar-refractivity contribution in [1.29, 1.82) is 0 Å². The highest BCUT2D eigenvalue weighted by Gasteiger charge is 2.40. The van der Waals surface area contributed by atoms with E-state index in [2.05, 4.69) is 17.0 Å². The third-order valence-electron chi connectivity index (χ3n) is 5.26. The van der Waals surface area contributed by atoms with Gasteiger partial charge >= 0.3 is 0 Å². The van der Waals surface area contributed by atoms with Gasteiger partial charge in [-0.2, -0.15) is 0 Å². The Morgan fingerprint density at radius 1 is 1.14 bits per heavy atom. The molecule has 2 aromatic carbocycles. The van der Waals surface area contributed by atoms with E-state index in [0.717, 1.165) is 11.3 Å². The number of carbonyl (C=O) groups excluding carboxylic acids is 1. The number of hydrogen-bond acceptors (Lipinski definition) is 6. The van der Waals surface area contributed by atoms with Gasteiger partial charge in [-0.05, 0) is 12.0 Å². The van der Waals surface area contributed by atoms with E-state index in [1.54, 1.807) is 24.3 Å². The average molecular weight is 407 g/mol. The molecule has 6 nitrogen and oxygen atoms in total. The Hall–Kier alpha value is -3.03. The van der Waals surface area contributed by atoms with Crippen molar-refractivity contribution in [3.8, 4) is 0 Å². The molecule has 1 atom stereocenters. The van der Waals surface area contributed by atoms with Crippen LogP contribution in [0.2, 0.25) is 0 Å². The molecule has 1 aromatic heterocycles. The maximum Gasteiger partial charge on any atom is 0.252 e. The summed E-state index contributed by atoms with van der Waals surface area (Å²) < 4.78 is 0. The fraction of sp³-hybridized carbons (Fsp3) is 0.227. The number of rotatable bonds is 6. The fourth-order valence-corrected chi connectivity index (χ4v) is 4.99. The fourth-order valence-electron chi connectivity index (χ4n) is 3.83. The van der Waals surface area contributed by atoms with E-state index in [-0.39, 0.29) is 17.3 Å². The summed E-state index contributed by atoms with van der Waals surface area (Å²) in [6.07, 6.45) is 0.817. The summed E-state index contributed by atoms with van der Waals surface area (Å²) in [5.41, 5.74) is 8.69. The van der Waals surface area contributed by atoms with Crippen LogP contribution in [-0.2, 0) is 13.0 Å². The van der Waals surface area contributed by atoms with Crippen molar-refractivity contribution in [2.24, 2.45) is 0 Å². The Morgan fingerprint density at radius 2 is 1.79 bits per heavy atom. The van der Waals surface area contributed by atoms with E-state index in [1.807, 2.05) is 24.3 Å². The molecule has 3 aromatic rings. The number of fused-ring (bicyclic) bond motifs is 1. The zero-order valence-corrected chi connectivity index (χ0v) is 16.6. The van der Waals surface area contributed by atoms with Crippen molar-refractivity contribution in [3.63, 3.8) is 0 Å². The first-order chi connectivity index (χ1) is 14.0. The van der Waals surface area contributed by atoms with Gasteiger partial charge in [0.1, 0.15) is 0 Å². The van der Waals surface area contributed by atoms with Crippen LogP contribution in [-0.4, -0.2) is 28.7 Å². The van der Waals surface area contributed by atoms with Crippen molar-refractivity contribution in [2.75, 3.05) is 18.8 Å². The standard InChI is InChI=1S/C22H21N3O3S/c23-22-20(21(26)16-9-5-2-6-10-16)19-17(25(27)28)13-24(14-18(19)29-22)12-11-15-7-3-1-4-8-15/h1-10,17H,11-14,23H2. The second-order valence-corrected chi connectivity index (χ2v) is 8.28. The monoisotopic (exact) mass is 407 g/mol. The van der Waals surface area contributed by atoms with Crippen LogP contribution in [0, 0.1) is 10.1 Å². The van der Waals surface area contributed by atoms with Gasteiger partial charge in [0.05, 0.1) is 22.7 Å². The summed E-state index contributed by atoms with van der Waals surface area (Å²) >= 11 is 1.30. The van der Waals surface area contributed by atoms with Crippen LogP contribution in [0.4, 0.5) is 5.00 Å². The summed E-state index contributed by atoms with van der Waals surface area (Å²) in [5.74, 6) is -0.245. The molecule has 7 heteroatoms. The molecule has 0 radical (unpaired) electrons. The quantitative estimate of drug-likeness (QED) is 0.380. The van der Waals surface area contributed by atoms with Gasteiger partial charge in [-0.3, -0.25) is 19.8 Å². The van der Waals surface area contributed by atoms with Crippen LogP contribution in [0.15, 0.2) is 60.7 Å². The van der Waals surface area contributed by atoms with Gasteiger partial charge in [0, 0.05) is 28.5 Å². The summed E-state index contributed by atoms with van der Waals surface area (Å²) in [4.78, 5) is 27.6. The van der Waals surface area contributed by atoms with Gasteiger partial charge in [-0.25, -0.2) is 0 Å². The lowest BCUT2D eigenvalue weighted by molar-refractivity contribution is -0.530. The topological polar surface area (TPSA) is 89.5 Å². The first-order valence-electron chi connectivity index (χ1n) is 9.45. The van der Waals surface area contributed by atoms with Crippen LogP contribution in [0.5, 0.6) is 0 Å². The first-order valence-corrected chi connectivity index (χ1v) is 10.3. The number of anilines is 1. The number of nitrogens with two attached hydrogens (primary N) is 1. The molecule has 0 spiro atoms. The molecule has 1 aliphatic heterocycles. The second-order valence-electron chi connectivity index (χ2n) is 7.15. The first kappa shape index (κ1) is 19.3. The van der Waals surface area contributed by atoms with E-state index in [1.165, 1.54) is 16.9 Å². The SMILES string of the molecule is Nc1sc2c(c1C(=O)c1ccccc1)C([N+](=O)[O-])CN(CCc1ccccc1)C2. The van der Waals surface area contributed by atoms with Crippen molar-refractivity contribution >= 4 is 22.1 Å². The third-order valence-corrected chi connectivity index (χ3v) is 6.28. The largest absolute Gasteiger partial charge is 0.390 e. The number of nitro groups is 1. The van der Waals surface area contributed by atoms with Gasteiger partial charge < -0.3 is 5.73 Å².